The Morgan fingerprint density at radius 2 is 2.22 bits per heavy atom. The van der Waals surface area contributed by atoms with Crippen molar-refractivity contribution in [2.24, 2.45) is 0 Å². The van der Waals surface area contributed by atoms with Gasteiger partial charge in [-0.1, -0.05) is 12.1 Å². The van der Waals surface area contributed by atoms with Crippen LogP contribution in [0.4, 0.5) is 8.78 Å². The normalized spacial score (nSPS) is 10.1. The summed E-state index contributed by atoms with van der Waals surface area (Å²) in [7, 11) is 0. The molecule has 4 nitrogen and oxygen atoms in total. The molecule has 18 heavy (non-hydrogen) atoms. The molecule has 0 aliphatic rings. The van der Waals surface area contributed by atoms with Crippen LogP contribution in [0.15, 0.2) is 18.2 Å². The van der Waals surface area contributed by atoms with Crippen molar-refractivity contribution in [2.75, 3.05) is 0 Å². The molecular formula is C12H11F2NO3. The van der Waals surface area contributed by atoms with Gasteiger partial charge in [-0.05, 0) is 18.1 Å². The Kier molecular flexibility index (Phi) is 5.06. The smallest absolute Gasteiger partial charge is 0.387 e. The summed E-state index contributed by atoms with van der Waals surface area (Å²) in [5, 5.41) is 17.3. The first-order valence-corrected chi connectivity index (χ1v) is 5.19. The standard InChI is InChI=1S/C12H11F2NO3/c13-12(14)18-10-3-1-2-8(4-5-11(16)17)9(10)6-7-15/h1-3,12H,4-6H2,(H,16,17). The Bertz CT molecular complexity index is 469. The van der Waals surface area contributed by atoms with E-state index in [1.165, 1.54) is 12.1 Å². The van der Waals surface area contributed by atoms with Gasteiger partial charge in [0.15, 0.2) is 0 Å². The Labute approximate surface area is 102 Å². The Morgan fingerprint density at radius 3 is 2.78 bits per heavy atom. The number of carboxylic acid groups (broad SMARTS) is 1. The molecule has 0 amide bonds. The second kappa shape index (κ2) is 6.55. The van der Waals surface area contributed by atoms with Crippen molar-refractivity contribution in [3.63, 3.8) is 0 Å². The quantitative estimate of drug-likeness (QED) is 0.847. The number of alkyl halides is 2. The SMILES string of the molecule is N#CCc1c(CCC(=O)O)cccc1OC(F)F. The van der Waals surface area contributed by atoms with Crippen LogP contribution in [0.2, 0.25) is 0 Å². The molecule has 0 aromatic heterocycles. The second-order valence-corrected chi connectivity index (χ2v) is 3.50. The van der Waals surface area contributed by atoms with Crippen LogP contribution >= 0.6 is 0 Å². The molecule has 0 unspecified atom stereocenters. The Balaban J connectivity index is 3.01. The van der Waals surface area contributed by atoms with E-state index in [4.69, 9.17) is 10.4 Å². The maximum Gasteiger partial charge on any atom is 0.387 e. The average molecular weight is 255 g/mol. The number of aliphatic carboxylic acids is 1. The highest BCUT2D eigenvalue weighted by molar-refractivity contribution is 5.67. The molecule has 0 aliphatic heterocycles. The molecule has 0 heterocycles. The number of nitriles is 1. The lowest BCUT2D eigenvalue weighted by Gasteiger charge is -2.12. The first-order chi connectivity index (χ1) is 8.54. The maximum atomic E-state index is 12.2. The highest BCUT2D eigenvalue weighted by Gasteiger charge is 2.13. The number of benzene rings is 1. The number of hydrogen-bond acceptors (Lipinski definition) is 3. The van der Waals surface area contributed by atoms with Gasteiger partial charge in [-0.15, -0.1) is 0 Å². The zero-order valence-corrected chi connectivity index (χ0v) is 9.40. The molecular weight excluding hydrogens is 244 g/mol. The summed E-state index contributed by atoms with van der Waals surface area (Å²) in [5.74, 6) is -1.06. The predicted molar refractivity (Wildman–Crippen MR) is 58.3 cm³/mol. The first kappa shape index (κ1) is 13.9. The minimum Gasteiger partial charge on any atom is -0.481 e. The predicted octanol–water partition coefficient (Wildman–Crippen LogP) is 2.37. The summed E-state index contributed by atoms with van der Waals surface area (Å²) < 4.78 is 28.7. The molecule has 0 atom stereocenters. The van der Waals surface area contributed by atoms with E-state index in [9.17, 15) is 13.6 Å². The lowest BCUT2D eigenvalue weighted by atomic mass is 10.00. The molecule has 0 radical (unpaired) electrons. The minimum atomic E-state index is -2.97. The molecule has 0 spiro atoms. The fourth-order valence-electron chi connectivity index (χ4n) is 1.57. The van der Waals surface area contributed by atoms with E-state index >= 15 is 0 Å². The molecule has 6 heteroatoms. The number of aryl methyl sites for hydroxylation is 1. The van der Waals surface area contributed by atoms with Crippen LogP contribution in [0.1, 0.15) is 17.5 Å². The van der Waals surface area contributed by atoms with E-state index in [0.29, 0.717) is 11.1 Å². The Morgan fingerprint density at radius 1 is 1.50 bits per heavy atom. The van der Waals surface area contributed by atoms with Crippen LogP contribution in [-0.2, 0) is 17.6 Å². The molecule has 0 aliphatic carbocycles. The zero-order valence-electron chi connectivity index (χ0n) is 9.40. The highest BCUT2D eigenvalue weighted by atomic mass is 19.3. The monoisotopic (exact) mass is 255 g/mol. The first-order valence-electron chi connectivity index (χ1n) is 5.19. The van der Waals surface area contributed by atoms with Crippen LogP contribution in [-0.4, -0.2) is 17.7 Å². The van der Waals surface area contributed by atoms with E-state index in [1.54, 1.807) is 6.07 Å². The molecule has 0 saturated heterocycles. The van der Waals surface area contributed by atoms with Gasteiger partial charge in [0.2, 0.25) is 0 Å². The van der Waals surface area contributed by atoms with Gasteiger partial charge in [-0.2, -0.15) is 14.0 Å². The lowest BCUT2D eigenvalue weighted by Crippen LogP contribution is -2.07. The molecule has 1 rings (SSSR count). The van der Waals surface area contributed by atoms with Gasteiger partial charge in [0.05, 0.1) is 12.5 Å². The molecule has 1 aromatic rings. The summed E-state index contributed by atoms with van der Waals surface area (Å²) in [6, 6.07) is 6.29. The third kappa shape index (κ3) is 4.01. The fraction of sp³-hybridized carbons (Fsp3) is 0.333. The van der Waals surface area contributed by atoms with Crippen LogP contribution in [0.5, 0.6) is 5.75 Å². The molecule has 0 fully saturated rings. The highest BCUT2D eigenvalue weighted by Crippen LogP contribution is 2.25. The van der Waals surface area contributed by atoms with Crippen LogP contribution < -0.4 is 4.74 Å². The van der Waals surface area contributed by atoms with Crippen molar-refractivity contribution in [2.45, 2.75) is 25.9 Å². The van der Waals surface area contributed by atoms with Crippen molar-refractivity contribution in [3.8, 4) is 11.8 Å². The van der Waals surface area contributed by atoms with Crippen LogP contribution in [0.3, 0.4) is 0 Å². The summed E-state index contributed by atoms with van der Waals surface area (Å²) >= 11 is 0. The van der Waals surface area contributed by atoms with E-state index < -0.39 is 12.6 Å². The van der Waals surface area contributed by atoms with Crippen LogP contribution in [0, 0.1) is 11.3 Å². The van der Waals surface area contributed by atoms with Gasteiger partial charge in [-0.25, -0.2) is 0 Å². The molecule has 0 bridgehead atoms. The van der Waals surface area contributed by atoms with Crippen molar-refractivity contribution >= 4 is 5.97 Å². The maximum absolute atomic E-state index is 12.2. The van der Waals surface area contributed by atoms with Gasteiger partial charge >= 0.3 is 12.6 Å². The zero-order chi connectivity index (χ0) is 13.5. The van der Waals surface area contributed by atoms with Gasteiger partial charge in [0.25, 0.3) is 0 Å². The summed E-state index contributed by atoms with van der Waals surface area (Å²) in [6.07, 6.45) is -0.0544. The largest absolute Gasteiger partial charge is 0.481 e. The van der Waals surface area contributed by atoms with E-state index in [-0.39, 0.29) is 25.0 Å². The topological polar surface area (TPSA) is 70.3 Å². The number of rotatable bonds is 6. The lowest BCUT2D eigenvalue weighted by molar-refractivity contribution is -0.136. The van der Waals surface area contributed by atoms with Crippen molar-refractivity contribution in [3.05, 3.63) is 29.3 Å². The van der Waals surface area contributed by atoms with Crippen molar-refractivity contribution in [1.82, 2.24) is 0 Å². The van der Waals surface area contributed by atoms with Crippen molar-refractivity contribution < 1.29 is 23.4 Å². The van der Waals surface area contributed by atoms with Gasteiger partial charge in [0, 0.05) is 12.0 Å². The summed E-state index contributed by atoms with van der Waals surface area (Å²) in [4.78, 5) is 10.5. The minimum absolute atomic E-state index is 0.0746. The molecule has 1 N–H and O–H groups in total. The van der Waals surface area contributed by atoms with Crippen molar-refractivity contribution in [1.29, 1.82) is 5.26 Å². The second-order valence-electron chi connectivity index (χ2n) is 3.50. The number of halogens is 2. The number of carboxylic acids is 1. The van der Waals surface area contributed by atoms with E-state index in [1.807, 2.05) is 6.07 Å². The molecule has 1 aromatic carbocycles. The fourth-order valence-corrected chi connectivity index (χ4v) is 1.57. The number of hydrogen-bond donors (Lipinski definition) is 1. The van der Waals surface area contributed by atoms with E-state index in [2.05, 4.69) is 4.74 Å². The third-order valence-electron chi connectivity index (χ3n) is 2.31. The summed E-state index contributed by atoms with van der Waals surface area (Å²) in [6.45, 7) is -2.97. The number of nitrogens with zero attached hydrogens (tertiary/aromatic N) is 1. The Hall–Kier alpha value is -2.16. The van der Waals surface area contributed by atoms with Gasteiger partial charge in [-0.3, -0.25) is 4.79 Å². The summed E-state index contributed by atoms with van der Waals surface area (Å²) in [5.41, 5.74) is 0.860. The molecule has 96 valence electrons. The molecule has 0 saturated carbocycles. The van der Waals surface area contributed by atoms with Gasteiger partial charge < -0.3 is 9.84 Å². The van der Waals surface area contributed by atoms with Gasteiger partial charge in [0.1, 0.15) is 5.75 Å². The van der Waals surface area contributed by atoms with Crippen LogP contribution in [0.25, 0.3) is 0 Å². The average Bonchev–Trinajstić information content (AvgIpc) is 2.29. The number of ether oxygens (including phenoxy) is 1. The third-order valence-corrected chi connectivity index (χ3v) is 2.31. The van der Waals surface area contributed by atoms with E-state index in [0.717, 1.165) is 0 Å². The number of carbonyl (C=O) groups is 1.